The van der Waals surface area contributed by atoms with Gasteiger partial charge < -0.3 is 11.1 Å². The van der Waals surface area contributed by atoms with Gasteiger partial charge in [0.25, 0.3) is 0 Å². The summed E-state index contributed by atoms with van der Waals surface area (Å²) < 4.78 is 0. The Morgan fingerprint density at radius 2 is 2.00 bits per heavy atom. The highest BCUT2D eigenvalue weighted by atomic mass is 14.9. The summed E-state index contributed by atoms with van der Waals surface area (Å²) >= 11 is 0. The summed E-state index contributed by atoms with van der Waals surface area (Å²) in [7, 11) is 0. The summed E-state index contributed by atoms with van der Waals surface area (Å²) in [5, 5.41) is 3.45. The van der Waals surface area contributed by atoms with Crippen molar-refractivity contribution in [2.45, 2.75) is 25.8 Å². The third-order valence-corrected chi connectivity index (χ3v) is 2.69. The Kier molecular flexibility index (Phi) is 2.13. The molecule has 0 spiro atoms. The summed E-state index contributed by atoms with van der Waals surface area (Å²) in [4.78, 5) is 0. The molecule has 0 aromatic heterocycles. The molecule has 2 heteroatoms. The maximum atomic E-state index is 5.82. The normalized spacial score (nSPS) is 26.5. The van der Waals surface area contributed by atoms with Crippen LogP contribution in [0.3, 0.4) is 0 Å². The lowest BCUT2D eigenvalue weighted by Gasteiger charge is -2.34. The Labute approximate surface area is 79.1 Å². The zero-order chi connectivity index (χ0) is 9.26. The van der Waals surface area contributed by atoms with Gasteiger partial charge in [0.2, 0.25) is 0 Å². The van der Waals surface area contributed by atoms with Gasteiger partial charge in [-0.25, -0.2) is 0 Å². The molecular weight excluding hydrogens is 160 g/mol. The fraction of sp³-hybridized carbons (Fsp3) is 0.455. The molecule has 1 aliphatic carbocycles. The number of benzene rings is 1. The van der Waals surface area contributed by atoms with Crippen LogP contribution in [0.15, 0.2) is 24.3 Å². The molecule has 1 aliphatic rings. The number of nitrogens with one attached hydrogen (secondary N) is 1. The van der Waals surface area contributed by atoms with Crippen molar-refractivity contribution in [3.05, 3.63) is 24.3 Å². The molecule has 3 N–H and O–H groups in total. The van der Waals surface area contributed by atoms with Crippen LogP contribution in [0.4, 0.5) is 11.4 Å². The molecule has 0 heterocycles. The molecule has 0 amide bonds. The number of hydrogen-bond acceptors (Lipinski definition) is 2. The van der Waals surface area contributed by atoms with Crippen LogP contribution in [-0.4, -0.2) is 6.04 Å². The molecule has 2 rings (SSSR count). The van der Waals surface area contributed by atoms with E-state index in [1.165, 1.54) is 12.8 Å². The summed E-state index contributed by atoms with van der Waals surface area (Å²) in [5.41, 5.74) is 7.75. The van der Waals surface area contributed by atoms with Gasteiger partial charge in [0.05, 0.1) is 11.4 Å². The molecule has 1 fully saturated rings. The van der Waals surface area contributed by atoms with Gasteiger partial charge in [-0.3, -0.25) is 0 Å². The van der Waals surface area contributed by atoms with Crippen LogP contribution < -0.4 is 11.1 Å². The Balaban J connectivity index is 1.98. The Bertz CT molecular complexity index is 290. The number of rotatable bonds is 2. The van der Waals surface area contributed by atoms with Crippen molar-refractivity contribution in [2.24, 2.45) is 5.92 Å². The van der Waals surface area contributed by atoms with Gasteiger partial charge in [0.15, 0.2) is 0 Å². The molecule has 1 saturated carbocycles. The van der Waals surface area contributed by atoms with Crippen LogP contribution in [-0.2, 0) is 0 Å². The minimum absolute atomic E-state index is 0.639. The van der Waals surface area contributed by atoms with Crippen molar-refractivity contribution in [1.29, 1.82) is 0 Å². The number of nitrogen functional groups attached to an aromatic ring is 1. The van der Waals surface area contributed by atoms with Crippen molar-refractivity contribution in [2.75, 3.05) is 11.1 Å². The minimum Gasteiger partial charge on any atom is -0.397 e. The fourth-order valence-electron chi connectivity index (χ4n) is 1.87. The zero-order valence-electron chi connectivity index (χ0n) is 7.96. The maximum absolute atomic E-state index is 5.82. The topological polar surface area (TPSA) is 38.0 Å². The molecule has 1 aromatic rings. The molecule has 2 nitrogen and oxygen atoms in total. The molecule has 13 heavy (non-hydrogen) atoms. The second-order valence-electron chi connectivity index (χ2n) is 4.01. The van der Waals surface area contributed by atoms with Crippen LogP contribution in [0, 0.1) is 5.92 Å². The van der Waals surface area contributed by atoms with Crippen molar-refractivity contribution in [3.63, 3.8) is 0 Å². The van der Waals surface area contributed by atoms with Gasteiger partial charge in [-0.1, -0.05) is 19.1 Å². The van der Waals surface area contributed by atoms with E-state index in [1.54, 1.807) is 0 Å². The van der Waals surface area contributed by atoms with E-state index < -0.39 is 0 Å². The summed E-state index contributed by atoms with van der Waals surface area (Å²) in [6, 6.07) is 8.59. The van der Waals surface area contributed by atoms with E-state index in [0.29, 0.717) is 6.04 Å². The largest absolute Gasteiger partial charge is 0.397 e. The van der Waals surface area contributed by atoms with Crippen LogP contribution in [0.25, 0.3) is 0 Å². The maximum Gasteiger partial charge on any atom is 0.0576 e. The van der Waals surface area contributed by atoms with Gasteiger partial charge in [-0.05, 0) is 30.9 Å². The fourth-order valence-corrected chi connectivity index (χ4v) is 1.87. The Morgan fingerprint density at radius 1 is 1.31 bits per heavy atom. The first kappa shape index (κ1) is 8.42. The van der Waals surface area contributed by atoms with Gasteiger partial charge in [0.1, 0.15) is 0 Å². The van der Waals surface area contributed by atoms with Crippen molar-refractivity contribution in [1.82, 2.24) is 0 Å². The molecule has 0 atom stereocenters. The first-order valence-electron chi connectivity index (χ1n) is 4.87. The lowest BCUT2D eigenvalue weighted by Crippen LogP contribution is -2.33. The monoisotopic (exact) mass is 176 g/mol. The van der Waals surface area contributed by atoms with E-state index >= 15 is 0 Å². The number of hydrogen-bond donors (Lipinski definition) is 2. The first-order chi connectivity index (χ1) is 6.25. The van der Waals surface area contributed by atoms with Crippen LogP contribution in [0.2, 0.25) is 0 Å². The average Bonchev–Trinajstić information content (AvgIpc) is 2.06. The second kappa shape index (κ2) is 3.29. The second-order valence-corrected chi connectivity index (χ2v) is 4.01. The molecule has 0 saturated heterocycles. The van der Waals surface area contributed by atoms with Crippen molar-refractivity contribution in [3.8, 4) is 0 Å². The minimum atomic E-state index is 0.639. The molecule has 0 aliphatic heterocycles. The zero-order valence-corrected chi connectivity index (χ0v) is 7.96. The van der Waals surface area contributed by atoms with Gasteiger partial charge in [-0.2, -0.15) is 0 Å². The number of para-hydroxylation sites is 2. The third kappa shape index (κ3) is 1.77. The molecular formula is C11H16N2. The highest BCUT2D eigenvalue weighted by molar-refractivity contribution is 5.66. The molecule has 0 unspecified atom stereocenters. The molecule has 0 bridgehead atoms. The van der Waals surface area contributed by atoms with E-state index in [4.69, 9.17) is 5.73 Å². The quantitative estimate of drug-likeness (QED) is 0.679. The summed E-state index contributed by atoms with van der Waals surface area (Å²) in [6.45, 7) is 2.28. The van der Waals surface area contributed by atoms with Crippen LogP contribution >= 0.6 is 0 Å². The predicted molar refractivity (Wildman–Crippen MR) is 56.7 cm³/mol. The van der Waals surface area contributed by atoms with Gasteiger partial charge >= 0.3 is 0 Å². The summed E-state index contributed by atoms with van der Waals surface area (Å²) in [6.07, 6.45) is 2.54. The lowest BCUT2D eigenvalue weighted by molar-refractivity contribution is 0.309. The average molecular weight is 176 g/mol. The van der Waals surface area contributed by atoms with Crippen LogP contribution in [0.5, 0.6) is 0 Å². The van der Waals surface area contributed by atoms with Crippen molar-refractivity contribution < 1.29 is 0 Å². The van der Waals surface area contributed by atoms with E-state index in [2.05, 4.69) is 12.2 Å². The number of nitrogens with two attached hydrogens (primary N) is 1. The molecule has 1 aromatic carbocycles. The molecule has 70 valence electrons. The summed E-state index contributed by atoms with van der Waals surface area (Å²) in [5.74, 6) is 0.877. The standard InChI is InChI=1S/C11H16N2/c1-8-6-9(7-8)13-11-5-3-2-4-10(11)12/h2-5,8-9,13H,6-7,12H2,1H3. The Hall–Kier alpha value is -1.18. The lowest BCUT2D eigenvalue weighted by atomic mass is 9.82. The van der Waals surface area contributed by atoms with E-state index in [1.807, 2.05) is 24.3 Å². The van der Waals surface area contributed by atoms with Crippen molar-refractivity contribution >= 4 is 11.4 Å². The first-order valence-corrected chi connectivity index (χ1v) is 4.87. The van der Waals surface area contributed by atoms with Gasteiger partial charge in [-0.15, -0.1) is 0 Å². The van der Waals surface area contributed by atoms with Gasteiger partial charge in [0, 0.05) is 6.04 Å². The predicted octanol–water partition coefficient (Wildman–Crippen LogP) is 2.48. The highest BCUT2D eigenvalue weighted by Crippen LogP contribution is 2.30. The SMILES string of the molecule is CC1CC(Nc2ccccc2N)C1. The number of anilines is 2. The Morgan fingerprint density at radius 3 is 2.62 bits per heavy atom. The third-order valence-electron chi connectivity index (χ3n) is 2.69. The van der Waals surface area contributed by atoms with E-state index in [-0.39, 0.29) is 0 Å². The van der Waals surface area contributed by atoms with E-state index in [9.17, 15) is 0 Å². The highest BCUT2D eigenvalue weighted by Gasteiger charge is 2.25. The van der Waals surface area contributed by atoms with Crippen LogP contribution in [0.1, 0.15) is 19.8 Å². The molecule has 0 radical (unpaired) electrons. The smallest absolute Gasteiger partial charge is 0.0576 e. The van der Waals surface area contributed by atoms with E-state index in [0.717, 1.165) is 17.3 Å².